The molecule has 7 nitrogen and oxygen atoms in total. The van der Waals surface area contributed by atoms with E-state index in [4.69, 9.17) is 28.3 Å². The van der Waals surface area contributed by atoms with Crippen molar-refractivity contribution in [1.29, 1.82) is 0 Å². The normalized spacial score (nSPS) is 15.9. The quantitative estimate of drug-likeness (QED) is 0.288. The maximum absolute atomic E-state index is 10.5. The fourth-order valence-corrected chi connectivity index (χ4v) is 4.62. The molecule has 0 aliphatic heterocycles. The van der Waals surface area contributed by atoms with Crippen LogP contribution in [-0.2, 0) is 13.2 Å². The van der Waals surface area contributed by atoms with E-state index in [2.05, 4.69) is 25.8 Å². The molecule has 1 heterocycles. The van der Waals surface area contributed by atoms with E-state index in [-0.39, 0.29) is 30.1 Å². The van der Waals surface area contributed by atoms with Crippen molar-refractivity contribution in [3.05, 3.63) is 43.8 Å². The van der Waals surface area contributed by atoms with E-state index >= 15 is 0 Å². The highest BCUT2D eigenvalue weighted by Crippen LogP contribution is 2.24. The van der Waals surface area contributed by atoms with Crippen LogP contribution in [0.3, 0.4) is 0 Å². The van der Waals surface area contributed by atoms with Gasteiger partial charge in [-0.25, -0.2) is 4.99 Å². The topological polar surface area (TPSA) is 103 Å². The number of guanidine groups is 1. The van der Waals surface area contributed by atoms with Crippen LogP contribution in [0.5, 0.6) is 0 Å². The van der Waals surface area contributed by atoms with Gasteiger partial charge in [-0.05, 0) is 42.5 Å². The molecule has 0 amide bonds. The Balaban J connectivity index is 0.00000341. The maximum Gasteiger partial charge on any atom is 0.191 e. The van der Waals surface area contributed by atoms with Crippen LogP contribution in [0.1, 0.15) is 53.8 Å². The molecule has 3 rings (SSSR count). The van der Waals surface area contributed by atoms with E-state index in [1.807, 2.05) is 0 Å². The molecule has 0 saturated heterocycles. The van der Waals surface area contributed by atoms with E-state index in [1.165, 1.54) is 43.4 Å². The van der Waals surface area contributed by atoms with Crippen LogP contribution in [0.25, 0.3) is 0 Å². The highest BCUT2D eigenvalue weighted by Gasteiger charge is 2.15. The number of halogens is 3. The number of benzene rings is 1. The lowest BCUT2D eigenvalue weighted by Crippen LogP contribution is -2.41. The van der Waals surface area contributed by atoms with Gasteiger partial charge in [0.1, 0.15) is 10.0 Å². The summed E-state index contributed by atoms with van der Waals surface area (Å²) in [4.78, 5) is 4.58. The molecule has 1 aromatic heterocycles. The number of aliphatic imine (C=N–C) groups is 1. The molecular formula is C20H28BrCl2N5O2S. The first-order valence-electron chi connectivity index (χ1n) is 10.1. The van der Waals surface area contributed by atoms with Gasteiger partial charge in [0.2, 0.25) is 0 Å². The van der Waals surface area contributed by atoms with Crippen LogP contribution in [0.2, 0.25) is 10.0 Å². The van der Waals surface area contributed by atoms with Gasteiger partial charge in [0.25, 0.3) is 0 Å². The monoisotopic (exact) mass is 551 g/mol. The predicted molar refractivity (Wildman–Crippen MR) is 131 cm³/mol. The average Bonchev–Trinajstić information content (AvgIpc) is 3.21. The lowest BCUT2D eigenvalue weighted by atomic mass is 9.89. The van der Waals surface area contributed by atoms with Gasteiger partial charge in [-0.2, -0.15) is 0 Å². The summed E-state index contributed by atoms with van der Waals surface area (Å²) in [7, 11) is 0. The number of nitrogens with one attached hydrogen (secondary N) is 2. The van der Waals surface area contributed by atoms with Crippen molar-refractivity contribution in [2.24, 2.45) is 10.9 Å². The van der Waals surface area contributed by atoms with Gasteiger partial charge in [-0.3, -0.25) is 0 Å². The van der Waals surface area contributed by atoms with E-state index in [1.54, 1.807) is 18.2 Å². The molecular weight excluding hydrogens is 525 g/mol. The zero-order valence-corrected chi connectivity index (χ0v) is 21.1. The molecule has 172 valence electrons. The van der Waals surface area contributed by atoms with Gasteiger partial charge >= 0.3 is 0 Å². The maximum atomic E-state index is 10.5. The lowest BCUT2D eigenvalue weighted by Gasteiger charge is -2.23. The number of aliphatic hydroxyl groups is 2. The molecule has 0 radical (unpaired) electrons. The lowest BCUT2D eigenvalue weighted by molar-refractivity contribution is 0.180. The first kappa shape index (κ1) is 26.3. The van der Waals surface area contributed by atoms with Crippen molar-refractivity contribution in [2.45, 2.75) is 51.4 Å². The molecule has 2 aromatic rings. The molecule has 0 bridgehead atoms. The van der Waals surface area contributed by atoms with Crippen LogP contribution < -0.4 is 10.6 Å². The Labute approximate surface area is 207 Å². The molecule has 1 fully saturated rings. The number of rotatable bonds is 8. The van der Waals surface area contributed by atoms with E-state index in [9.17, 15) is 5.11 Å². The second-order valence-corrected chi connectivity index (χ2v) is 9.42. The molecule has 1 aromatic carbocycles. The van der Waals surface area contributed by atoms with Gasteiger partial charge in [0, 0.05) is 23.1 Å². The highest BCUT2D eigenvalue weighted by atomic mass is 79.9. The number of hydrogen-bond donors (Lipinski definition) is 4. The minimum atomic E-state index is -0.787. The van der Waals surface area contributed by atoms with Crippen LogP contribution >= 0.6 is 51.5 Å². The molecule has 31 heavy (non-hydrogen) atoms. The second-order valence-electron chi connectivity index (χ2n) is 7.40. The summed E-state index contributed by atoms with van der Waals surface area (Å²) < 4.78 is 0. The number of aromatic nitrogens is 2. The molecule has 1 aliphatic rings. The van der Waals surface area contributed by atoms with E-state index in [0.29, 0.717) is 39.0 Å². The Kier molecular flexibility index (Phi) is 11.5. The van der Waals surface area contributed by atoms with Crippen LogP contribution in [0.15, 0.2) is 23.2 Å². The summed E-state index contributed by atoms with van der Waals surface area (Å²) in [6, 6.07) is 5.03. The fraction of sp³-hybridized carbons (Fsp3) is 0.550. The van der Waals surface area contributed by atoms with Gasteiger partial charge < -0.3 is 20.8 Å². The molecule has 1 aliphatic carbocycles. The van der Waals surface area contributed by atoms with Crippen molar-refractivity contribution in [1.82, 2.24) is 20.8 Å². The summed E-state index contributed by atoms with van der Waals surface area (Å²) in [6.45, 7) is 1.31. The molecule has 1 atom stereocenters. The Morgan fingerprint density at radius 1 is 1.10 bits per heavy atom. The Morgan fingerprint density at radius 3 is 2.42 bits per heavy atom. The van der Waals surface area contributed by atoms with Crippen molar-refractivity contribution < 1.29 is 10.2 Å². The minimum Gasteiger partial charge on any atom is -0.389 e. The van der Waals surface area contributed by atoms with Crippen molar-refractivity contribution in [2.75, 3.05) is 13.1 Å². The average molecular weight is 553 g/mol. The third-order valence-corrected chi connectivity index (χ3v) is 6.36. The zero-order valence-electron chi connectivity index (χ0n) is 17.1. The summed E-state index contributed by atoms with van der Waals surface area (Å²) in [6.07, 6.45) is 5.52. The van der Waals surface area contributed by atoms with Gasteiger partial charge in [-0.1, -0.05) is 53.8 Å². The largest absolute Gasteiger partial charge is 0.389 e. The summed E-state index contributed by atoms with van der Waals surface area (Å²) in [5, 5.41) is 36.5. The van der Waals surface area contributed by atoms with Gasteiger partial charge in [-0.15, -0.1) is 27.2 Å². The first-order valence-corrected chi connectivity index (χ1v) is 11.7. The highest BCUT2D eigenvalue weighted by molar-refractivity contribution is 8.93. The van der Waals surface area contributed by atoms with E-state index < -0.39 is 6.10 Å². The first-order chi connectivity index (χ1) is 14.5. The van der Waals surface area contributed by atoms with Crippen molar-refractivity contribution >= 4 is 57.5 Å². The van der Waals surface area contributed by atoms with Gasteiger partial charge in [0.15, 0.2) is 5.96 Å². The van der Waals surface area contributed by atoms with Crippen LogP contribution in [0.4, 0.5) is 0 Å². The van der Waals surface area contributed by atoms with Crippen LogP contribution in [-0.4, -0.2) is 39.5 Å². The summed E-state index contributed by atoms with van der Waals surface area (Å²) >= 11 is 13.4. The smallest absolute Gasteiger partial charge is 0.191 e. The number of aliphatic hydroxyl groups excluding tert-OH is 2. The molecule has 0 spiro atoms. The standard InChI is InChI=1S/C20H27Cl2N5O2S.BrH/c21-15-6-14(7-16(22)8-15)17(29)10-24-20(23-9-13-4-2-1-3-5-13)25-11-18-26-27-19(12-28)30-18;/h6-8,13,17,28-29H,1-5,9-12H2,(H2,23,24,25);1H. The molecule has 11 heteroatoms. The Morgan fingerprint density at radius 2 is 1.77 bits per heavy atom. The fourth-order valence-electron chi connectivity index (χ4n) is 3.45. The van der Waals surface area contributed by atoms with Gasteiger partial charge in [0.05, 0.1) is 19.3 Å². The Hall–Kier alpha value is -0.970. The third-order valence-electron chi connectivity index (χ3n) is 5.03. The molecule has 1 unspecified atom stereocenters. The number of nitrogens with zero attached hydrogens (tertiary/aromatic N) is 3. The molecule has 4 N–H and O–H groups in total. The zero-order chi connectivity index (χ0) is 21.3. The van der Waals surface area contributed by atoms with Crippen LogP contribution in [0, 0.1) is 5.92 Å². The number of hydrogen-bond acceptors (Lipinski definition) is 6. The third kappa shape index (κ3) is 8.82. The summed E-state index contributed by atoms with van der Waals surface area (Å²) in [5.74, 6) is 1.23. The molecule has 1 saturated carbocycles. The SMILES string of the molecule is Br.OCc1nnc(CN=C(NCC2CCCCC2)NCC(O)c2cc(Cl)cc(Cl)c2)s1. The van der Waals surface area contributed by atoms with E-state index in [0.717, 1.165) is 11.6 Å². The van der Waals surface area contributed by atoms with Crippen molar-refractivity contribution in [3.63, 3.8) is 0 Å². The minimum absolute atomic E-state index is 0. The second kappa shape index (κ2) is 13.5. The summed E-state index contributed by atoms with van der Waals surface area (Å²) in [5.41, 5.74) is 0.642. The predicted octanol–water partition coefficient (Wildman–Crippen LogP) is 4.26. The van der Waals surface area contributed by atoms with Crippen molar-refractivity contribution in [3.8, 4) is 0 Å². The Bertz CT molecular complexity index is 828.